The van der Waals surface area contributed by atoms with E-state index in [1.165, 1.54) is 25.3 Å². The fourth-order valence-corrected chi connectivity index (χ4v) is 1.82. The van der Waals surface area contributed by atoms with Crippen molar-refractivity contribution in [3.05, 3.63) is 38.9 Å². The molecule has 0 fully saturated rings. The van der Waals surface area contributed by atoms with Crippen molar-refractivity contribution in [1.29, 1.82) is 0 Å². The predicted molar refractivity (Wildman–Crippen MR) is 71.5 cm³/mol. The van der Waals surface area contributed by atoms with E-state index in [0.29, 0.717) is 6.61 Å². The monoisotopic (exact) mass is 286 g/mol. The van der Waals surface area contributed by atoms with Crippen molar-refractivity contribution in [3.63, 3.8) is 0 Å². The Morgan fingerprint density at radius 3 is 2.63 bits per heavy atom. The molecule has 0 spiro atoms. The van der Waals surface area contributed by atoms with Crippen LogP contribution in [0.5, 0.6) is 0 Å². The number of nitrogens with zero attached hydrogens (tertiary/aromatic N) is 1. The van der Waals surface area contributed by atoms with Crippen LogP contribution in [0.3, 0.4) is 0 Å². The van der Waals surface area contributed by atoms with Gasteiger partial charge in [-0.15, -0.1) is 0 Å². The van der Waals surface area contributed by atoms with Gasteiger partial charge in [0, 0.05) is 18.7 Å². The Morgan fingerprint density at radius 1 is 1.53 bits per heavy atom. The van der Waals surface area contributed by atoms with Crippen LogP contribution >= 0.6 is 11.6 Å². The van der Waals surface area contributed by atoms with Crippen LogP contribution in [0.2, 0.25) is 5.02 Å². The summed E-state index contributed by atoms with van der Waals surface area (Å²) in [5.74, 6) is -0.362. The maximum absolute atomic E-state index is 12.0. The highest BCUT2D eigenvalue weighted by Gasteiger charge is 2.22. The zero-order valence-electron chi connectivity index (χ0n) is 10.9. The van der Waals surface area contributed by atoms with E-state index in [9.17, 15) is 14.9 Å². The molecular formula is C12H15ClN2O4. The lowest BCUT2D eigenvalue weighted by Crippen LogP contribution is -2.46. The van der Waals surface area contributed by atoms with Crippen molar-refractivity contribution >= 4 is 23.2 Å². The maximum atomic E-state index is 12.0. The van der Waals surface area contributed by atoms with Gasteiger partial charge >= 0.3 is 0 Å². The van der Waals surface area contributed by atoms with Crippen molar-refractivity contribution in [2.24, 2.45) is 0 Å². The number of nitro benzene ring substituents is 1. The third-order valence-electron chi connectivity index (χ3n) is 2.36. The van der Waals surface area contributed by atoms with Crippen molar-refractivity contribution in [2.45, 2.75) is 19.4 Å². The number of ether oxygens (including phenoxy) is 1. The van der Waals surface area contributed by atoms with Crippen LogP contribution in [0.1, 0.15) is 24.2 Å². The van der Waals surface area contributed by atoms with Gasteiger partial charge in [0.25, 0.3) is 11.6 Å². The average molecular weight is 287 g/mol. The SMILES string of the molecule is COCC(C)(C)NC(=O)c1ccc([N+](=O)[O-])c(Cl)c1. The van der Waals surface area contributed by atoms with Gasteiger partial charge in [0.05, 0.1) is 17.1 Å². The first-order valence-corrected chi connectivity index (χ1v) is 5.90. The van der Waals surface area contributed by atoms with Crippen molar-refractivity contribution < 1.29 is 14.5 Å². The van der Waals surface area contributed by atoms with Gasteiger partial charge in [-0.3, -0.25) is 14.9 Å². The Hall–Kier alpha value is -1.66. The standard InChI is InChI=1S/C12H15ClN2O4/c1-12(2,7-19-3)14-11(16)8-4-5-10(15(17)18)9(13)6-8/h4-6H,7H2,1-3H3,(H,14,16). The summed E-state index contributed by atoms with van der Waals surface area (Å²) in [4.78, 5) is 22.0. The minimum absolute atomic E-state index is 0.0674. The maximum Gasteiger partial charge on any atom is 0.287 e. The van der Waals surface area contributed by atoms with Crippen molar-refractivity contribution in [3.8, 4) is 0 Å². The Kier molecular flexibility index (Phi) is 4.85. The molecule has 1 rings (SSSR count). The van der Waals surface area contributed by atoms with Gasteiger partial charge in [-0.05, 0) is 26.0 Å². The topological polar surface area (TPSA) is 81.5 Å². The van der Waals surface area contributed by atoms with Gasteiger partial charge in [-0.1, -0.05) is 11.6 Å². The van der Waals surface area contributed by atoms with E-state index in [1.807, 2.05) is 0 Å². The van der Waals surface area contributed by atoms with Gasteiger partial charge < -0.3 is 10.1 Å². The molecular weight excluding hydrogens is 272 g/mol. The summed E-state index contributed by atoms with van der Waals surface area (Å²) in [5.41, 5.74) is -0.505. The molecule has 0 heterocycles. The molecule has 0 saturated carbocycles. The molecule has 0 radical (unpaired) electrons. The quantitative estimate of drug-likeness (QED) is 0.665. The van der Waals surface area contributed by atoms with E-state index >= 15 is 0 Å². The zero-order chi connectivity index (χ0) is 14.6. The molecule has 0 aliphatic rings. The molecule has 0 atom stereocenters. The number of halogens is 1. The third-order valence-corrected chi connectivity index (χ3v) is 2.67. The number of carbonyl (C=O) groups is 1. The molecule has 0 aromatic heterocycles. The van der Waals surface area contributed by atoms with Crippen molar-refractivity contribution in [1.82, 2.24) is 5.32 Å². The Balaban J connectivity index is 2.90. The van der Waals surface area contributed by atoms with E-state index in [-0.39, 0.29) is 22.2 Å². The summed E-state index contributed by atoms with van der Waals surface area (Å²) in [5, 5.41) is 13.3. The molecule has 7 heteroatoms. The minimum Gasteiger partial charge on any atom is -0.382 e. The Bertz CT molecular complexity index is 503. The second-order valence-corrected chi connectivity index (χ2v) is 5.10. The molecule has 0 saturated heterocycles. The molecule has 1 N–H and O–H groups in total. The van der Waals surface area contributed by atoms with Crippen LogP contribution in [0.4, 0.5) is 5.69 Å². The van der Waals surface area contributed by atoms with Gasteiger partial charge in [0.2, 0.25) is 0 Å². The van der Waals surface area contributed by atoms with Crippen LogP contribution in [-0.2, 0) is 4.74 Å². The smallest absolute Gasteiger partial charge is 0.287 e. The highest BCUT2D eigenvalue weighted by molar-refractivity contribution is 6.33. The van der Waals surface area contributed by atoms with Crippen LogP contribution in [-0.4, -0.2) is 30.1 Å². The first-order valence-electron chi connectivity index (χ1n) is 5.52. The van der Waals surface area contributed by atoms with Gasteiger partial charge in [-0.25, -0.2) is 0 Å². The fraction of sp³-hybridized carbons (Fsp3) is 0.417. The van der Waals surface area contributed by atoms with E-state index in [0.717, 1.165) is 0 Å². The molecule has 104 valence electrons. The summed E-state index contributed by atoms with van der Waals surface area (Å²) in [7, 11) is 1.54. The van der Waals surface area contributed by atoms with E-state index in [4.69, 9.17) is 16.3 Å². The fourth-order valence-electron chi connectivity index (χ4n) is 1.57. The summed E-state index contributed by atoms with van der Waals surface area (Å²) in [6.07, 6.45) is 0. The summed E-state index contributed by atoms with van der Waals surface area (Å²) < 4.78 is 4.99. The van der Waals surface area contributed by atoms with Crippen molar-refractivity contribution in [2.75, 3.05) is 13.7 Å². The average Bonchev–Trinajstić information content (AvgIpc) is 2.27. The normalized spacial score (nSPS) is 11.2. The molecule has 0 unspecified atom stereocenters. The third kappa shape index (κ3) is 4.18. The number of nitrogens with one attached hydrogen (secondary N) is 1. The predicted octanol–water partition coefficient (Wildman–Crippen LogP) is 2.40. The largest absolute Gasteiger partial charge is 0.382 e. The number of nitro groups is 1. The number of rotatable bonds is 5. The van der Waals surface area contributed by atoms with E-state index < -0.39 is 10.5 Å². The van der Waals surface area contributed by atoms with Gasteiger partial charge in [-0.2, -0.15) is 0 Å². The van der Waals surface area contributed by atoms with Gasteiger partial charge in [0.1, 0.15) is 5.02 Å². The first-order chi connectivity index (χ1) is 8.76. The number of carbonyl (C=O) groups excluding carboxylic acids is 1. The molecule has 1 aromatic rings. The van der Waals surface area contributed by atoms with Gasteiger partial charge in [0.15, 0.2) is 0 Å². The summed E-state index contributed by atoms with van der Waals surface area (Å²) >= 11 is 5.75. The van der Waals surface area contributed by atoms with Crippen LogP contribution in [0, 0.1) is 10.1 Å². The van der Waals surface area contributed by atoms with E-state index in [1.54, 1.807) is 13.8 Å². The molecule has 0 aliphatic heterocycles. The highest BCUT2D eigenvalue weighted by atomic mass is 35.5. The van der Waals surface area contributed by atoms with Crippen LogP contribution < -0.4 is 5.32 Å². The number of methoxy groups -OCH3 is 1. The molecule has 0 bridgehead atoms. The number of hydrogen-bond donors (Lipinski definition) is 1. The van der Waals surface area contributed by atoms with E-state index in [2.05, 4.69) is 5.32 Å². The minimum atomic E-state index is -0.598. The molecule has 1 amide bonds. The van der Waals surface area contributed by atoms with Crippen LogP contribution in [0.15, 0.2) is 18.2 Å². The molecule has 0 aliphatic carbocycles. The zero-order valence-corrected chi connectivity index (χ0v) is 11.7. The summed E-state index contributed by atoms with van der Waals surface area (Å²) in [6, 6.07) is 3.85. The van der Waals surface area contributed by atoms with Crippen LogP contribution in [0.25, 0.3) is 0 Å². The lowest BCUT2D eigenvalue weighted by atomic mass is 10.1. The molecule has 6 nitrogen and oxygen atoms in total. The summed E-state index contributed by atoms with van der Waals surface area (Å²) in [6.45, 7) is 3.96. The number of amides is 1. The Morgan fingerprint density at radius 2 is 2.16 bits per heavy atom. The molecule has 1 aromatic carbocycles. The second kappa shape index (κ2) is 5.99. The number of hydrogen-bond acceptors (Lipinski definition) is 4. The second-order valence-electron chi connectivity index (χ2n) is 4.69. The molecule has 19 heavy (non-hydrogen) atoms. The highest BCUT2D eigenvalue weighted by Crippen LogP contribution is 2.25. The Labute approximate surface area is 115 Å². The number of benzene rings is 1. The lowest BCUT2D eigenvalue weighted by Gasteiger charge is -2.25. The lowest BCUT2D eigenvalue weighted by molar-refractivity contribution is -0.384. The first kappa shape index (κ1) is 15.4.